The number of aliphatic hydroxyl groups is 1. The molecule has 0 fully saturated rings. The first-order chi connectivity index (χ1) is 9.36. The van der Waals surface area contributed by atoms with Gasteiger partial charge in [-0.3, -0.25) is 4.79 Å². The molecule has 3 N–H and O–H groups in total. The van der Waals surface area contributed by atoms with E-state index in [0.717, 1.165) is 0 Å². The molecule has 5 nitrogen and oxygen atoms in total. The van der Waals surface area contributed by atoms with Crippen molar-refractivity contribution in [1.29, 1.82) is 0 Å². The second kappa shape index (κ2) is 7.42. The Morgan fingerprint density at radius 1 is 1.25 bits per heavy atom. The maximum Gasteiger partial charge on any atom is 0.335 e. The SMILES string of the molecule is O=C(O)c1ccc([C@@H](O)[C@@H](CF)NC(=O)C(Cl)Cl)cc1. The van der Waals surface area contributed by atoms with Crippen LogP contribution in [0.15, 0.2) is 24.3 Å². The molecule has 8 heteroatoms. The van der Waals surface area contributed by atoms with Gasteiger partial charge in [-0.1, -0.05) is 35.3 Å². The summed E-state index contributed by atoms with van der Waals surface area (Å²) in [4.78, 5) is 20.6. The highest BCUT2D eigenvalue weighted by molar-refractivity contribution is 6.53. The highest BCUT2D eigenvalue weighted by Crippen LogP contribution is 2.19. The minimum absolute atomic E-state index is 0.0309. The van der Waals surface area contributed by atoms with Crippen LogP contribution in [0.4, 0.5) is 4.39 Å². The molecule has 0 saturated carbocycles. The van der Waals surface area contributed by atoms with Gasteiger partial charge < -0.3 is 15.5 Å². The van der Waals surface area contributed by atoms with Crippen LogP contribution in [0.1, 0.15) is 22.0 Å². The smallest absolute Gasteiger partial charge is 0.335 e. The average molecular weight is 324 g/mol. The van der Waals surface area contributed by atoms with Gasteiger partial charge in [0.25, 0.3) is 5.91 Å². The first kappa shape index (κ1) is 16.7. The van der Waals surface area contributed by atoms with E-state index in [1.807, 2.05) is 0 Å². The van der Waals surface area contributed by atoms with E-state index in [0.29, 0.717) is 0 Å². The highest BCUT2D eigenvalue weighted by atomic mass is 35.5. The monoisotopic (exact) mass is 323 g/mol. The fourth-order valence-corrected chi connectivity index (χ4v) is 1.63. The van der Waals surface area contributed by atoms with E-state index in [4.69, 9.17) is 28.3 Å². The van der Waals surface area contributed by atoms with Crippen molar-refractivity contribution in [2.45, 2.75) is 17.0 Å². The quantitative estimate of drug-likeness (QED) is 0.695. The maximum atomic E-state index is 12.9. The molecule has 0 aromatic heterocycles. The van der Waals surface area contributed by atoms with E-state index in [2.05, 4.69) is 5.32 Å². The van der Waals surface area contributed by atoms with Gasteiger partial charge in [0.15, 0.2) is 4.84 Å². The molecule has 0 heterocycles. The Hall–Kier alpha value is -1.37. The van der Waals surface area contributed by atoms with E-state index in [1.54, 1.807) is 0 Å². The molecule has 0 unspecified atom stereocenters. The van der Waals surface area contributed by atoms with Crippen LogP contribution in [0.3, 0.4) is 0 Å². The van der Waals surface area contributed by atoms with Crippen LogP contribution in [0, 0.1) is 0 Å². The number of aromatic carboxylic acids is 1. The van der Waals surface area contributed by atoms with Crippen LogP contribution < -0.4 is 5.32 Å². The molecule has 110 valence electrons. The van der Waals surface area contributed by atoms with Crippen molar-refractivity contribution in [2.75, 3.05) is 6.67 Å². The number of benzene rings is 1. The summed E-state index contributed by atoms with van der Waals surface area (Å²) in [6, 6.07) is 3.98. The summed E-state index contributed by atoms with van der Waals surface area (Å²) in [5.41, 5.74) is 0.294. The Morgan fingerprint density at radius 2 is 1.80 bits per heavy atom. The zero-order valence-electron chi connectivity index (χ0n) is 10.1. The fourth-order valence-electron chi connectivity index (χ4n) is 1.50. The van der Waals surface area contributed by atoms with Crippen LogP contribution in [-0.2, 0) is 4.79 Å². The van der Waals surface area contributed by atoms with Crippen molar-refractivity contribution in [3.05, 3.63) is 35.4 Å². The lowest BCUT2D eigenvalue weighted by Crippen LogP contribution is -2.43. The van der Waals surface area contributed by atoms with Crippen molar-refractivity contribution in [3.8, 4) is 0 Å². The molecular weight excluding hydrogens is 312 g/mol. The molecule has 1 aromatic rings. The Bertz CT molecular complexity index is 481. The maximum absolute atomic E-state index is 12.9. The summed E-state index contributed by atoms with van der Waals surface area (Å²) in [5, 5.41) is 20.9. The molecule has 1 rings (SSSR count). The summed E-state index contributed by atoms with van der Waals surface area (Å²) in [6.07, 6.45) is -1.35. The summed E-state index contributed by atoms with van der Waals surface area (Å²) in [6.45, 7) is -1.03. The number of carbonyl (C=O) groups excluding carboxylic acids is 1. The van der Waals surface area contributed by atoms with Crippen LogP contribution in [0.2, 0.25) is 0 Å². The molecular formula is C12H12Cl2FNO4. The molecule has 20 heavy (non-hydrogen) atoms. The summed E-state index contributed by atoms with van der Waals surface area (Å²) in [7, 11) is 0. The molecule has 0 aliphatic carbocycles. The standard InChI is InChI=1S/C12H12Cl2FNO4/c13-10(14)11(18)16-8(5-15)9(17)6-1-3-7(4-2-6)12(19)20/h1-4,8-10,17H,5H2,(H,16,18)(H,19,20)/t8-,9-/m1/s1. The lowest BCUT2D eigenvalue weighted by atomic mass is 10.0. The Labute approximate surface area is 124 Å². The van der Waals surface area contributed by atoms with E-state index in [-0.39, 0.29) is 11.1 Å². The number of carboxylic acids is 1. The van der Waals surface area contributed by atoms with Crippen LogP contribution in [-0.4, -0.2) is 39.6 Å². The normalized spacial score (nSPS) is 13.8. The van der Waals surface area contributed by atoms with Crippen molar-refractivity contribution in [2.24, 2.45) is 0 Å². The summed E-state index contributed by atoms with van der Waals surface area (Å²) in [5.74, 6) is -1.94. The number of halogens is 3. The molecule has 1 amide bonds. The molecule has 0 radical (unpaired) electrons. The van der Waals surface area contributed by atoms with Gasteiger partial charge in [0, 0.05) is 0 Å². The topological polar surface area (TPSA) is 86.6 Å². The number of carboxylic acid groups (broad SMARTS) is 1. The lowest BCUT2D eigenvalue weighted by molar-refractivity contribution is -0.121. The first-order valence-electron chi connectivity index (χ1n) is 5.52. The molecule has 0 bridgehead atoms. The molecule has 0 aliphatic heterocycles. The van der Waals surface area contributed by atoms with E-state index < -0.39 is 35.5 Å². The second-order valence-corrected chi connectivity index (χ2v) is 5.04. The zero-order valence-corrected chi connectivity index (χ0v) is 11.6. The number of alkyl halides is 3. The molecule has 1 aromatic carbocycles. The van der Waals surface area contributed by atoms with Gasteiger partial charge in [0.2, 0.25) is 0 Å². The van der Waals surface area contributed by atoms with Crippen LogP contribution in [0.25, 0.3) is 0 Å². The van der Waals surface area contributed by atoms with Crippen molar-refractivity contribution < 1.29 is 24.2 Å². The Balaban J connectivity index is 2.82. The van der Waals surface area contributed by atoms with Gasteiger partial charge in [-0.2, -0.15) is 0 Å². The molecule has 2 atom stereocenters. The third-order valence-electron chi connectivity index (χ3n) is 2.57. The Morgan fingerprint density at radius 3 is 2.20 bits per heavy atom. The minimum Gasteiger partial charge on any atom is -0.478 e. The fraction of sp³-hybridized carbons (Fsp3) is 0.333. The number of amides is 1. The average Bonchev–Trinajstić information content (AvgIpc) is 2.43. The third-order valence-corrected chi connectivity index (χ3v) is 2.97. The lowest BCUT2D eigenvalue weighted by Gasteiger charge is -2.22. The number of hydrogen-bond acceptors (Lipinski definition) is 3. The minimum atomic E-state index is -1.37. The zero-order chi connectivity index (χ0) is 15.3. The largest absolute Gasteiger partial charge is 0.478 e. The van der Waals surface area contributed by atoms with Gasteiger partial charge in [-0.25, -0.2) is 9.18 Å². The summed E-state index contributed by atoms with van der Waals surface area (Å²) < 4.78 is 12.9. The van der Waals surface area contributed by atoms with Gasteiger partial charge in [-0.05, 0) is 17.7 Å². The molecule has 0 saturated heterocycles. The van der Waals surface area contributed by atoms with Gasteiger partial charge in [0.05, 0.1) is 11.6 Å². The first-order valence-corrected chi connectivity index (χ1v) is 6.40. The van der Waals surface area contributed by atoms with Crippen LogP contribution >= 0.6 is 23.2 Å². The Kier molecular flexibility index (Phi) is 6.19. The number of carbonyl (C=O) groups is 2. The number of nitrogens with one attached hydrogen (secondary N) is 1. The van der Waals surface area contributed by atoms with Gasteiger partial charge >= 0.3 is 5.97 Å². The van der Waals surface area contributed by atoms with Gasteiger partial charge in [0.1, 0.15) is 12.8 Å². The highest BCUT2D eigenvalue weighted by Gasteiger charge is 2.25. The van der Waals surface area contributed by atoms with E-state index in [9.17, 15) is 19.1 Å². The van der Waals surface area contributed by atoms with Crippen molar-refractivity contribution >= 4 is 35.1 Å². The second-order valence-electron chi connectivity index (χ2n) is 3.94. The van der Waals surface area contributed by atoms with Gasteiger partial charge in [-0.15, -0.1) is 0 Å². The number of hydrogen-bond donors (Lipinski definition) is 3. The van der Waals surface area contributed by atoms with Crippen LogP contribution in [0.5, 0.6) is 0 Å². The summed E-state index contributed by atoms with van der Waals surface area (Å²) >= 11 is 10.6. The number of rotatable bonds is 6. The van der Waals surface area contributed by atoms with E-state index in [1.165, 1.54) is 24.3 Å². The van der Waals surface area contributed by atoms with E-state index >= 15 is 0 Å². The van der Waals surface area contributed by atoms with Crippen molar-refractivity contribution in [1.82, 2.24) is 5.32 Å². The number of aliphatic hydroxyl groups excluding tert-OH is 1. The van der Waals surface area contributed by atoms with Crippen molar-refractivity contribution in [3.63, 3.8) is 0 Å². The predicted molar refractivity (Wildman–Crippen MR) is 71.8 cm³/mol. The molecule has 0 aliphatic rings. The molecule has 0 spiro atoms. The third kappa shape index (κ3) is 4.33. The predicted octanol–water partition coefficient (Wildman–Crippen LogP) is 1.68.